The fourth-order valence-electron chi connectivity index (χ4n) is 4.30. The van der Waals surface area contributed by atoms with Crippen LogP contribution < -0.4 is 9.62 Å². The minimum absolute atomic E-state index is 0.0195. The molecule has 39 heavy (non-hydrogen) atoms. The molecule has 0 radical (unpaired) electrons. The molecule has 3 rings (SSSR count). The highest BCUT2D eigenvalue weighted by atomic mass is 35.5. The van der Waals surface area contributed by atoms with Crippen LogP contribution in [0.1, 0.15) is 30.9 Å². The third kappa shape index (κ3) is 8.71. The second-order valence-electron chi connectivity index (χ2n) is 9.10. The van der Waals surface area contributed by atoms with Gasteiger partial charge in [-0.15, -0.1) is 0 Å². The van der Waals surface area contributed by atoms with Crippen LogP contribution in [-0.4, -0.2) is 50.5 Å². The molecule has 3 aromatic carbocycles. The van der Waals surface area contributed by atoms with Crippen molar-refractivity contribution in [2.45, 2.75) is 38.8 Å². The molecule has 0 saturated heterocycles. The summed E-state index contributed by atoms with van der Waals surface area (Å²) in [5.74, 6) is -0.598. The van der Waals surface area contributed by atoms with Gasteiger partial charge in [0, 0.05) is 48.1 Å². The first kappa shape index (κ1) is 30.5. The standard InChI is InChI=1S/C29H33Cl2N3O4S/c1-3-32-29(36)27(20-22-12-6-4-7-13-22)33(21-24-25(30)16-10-17-26(24)31)28(35)18-11-19-34(39(2,37)38)23-14-8-5-9-15-23/h4-10,12-17,27H,3,11,18-21H2,1-2H3,(H,32,36). The van der Waals surface area contributed by atoms with Gasteiger partial charge < -0.3 is 10.2 Å². The van der Waals surface area contributed by atoms with Crippen molar-refractivity contribution < 1.29 is 18.0 Å². The number of likely N-dealkylation sites (N-methyl/N-ethyl adjacent to an activating group) is 1. The van der Waals surface area contributed by atoms with E-state index in [1.54, 1.807) is 48.5 Å². The summed E-state index contributed by atoms with van der Waals surface area (Å²) < 4.78 is 26.2. The number of benzene rings is 3. The van der Waals surface area contributed by atoms with Crippen LogP contribution in [0.2, 0.25) is 10.0 Å². The molecule has 0 heterocycles. The van der Waals surface area contributed by atoms with Crippen LogP contribution in [0, 0.1) is 0 Å². The molecular weight excluding hydrogens is 557 g/mol. The molecule has 0 spiro atoms. The van der Waals surface area contributed by atoms with Gasteiger partial charge in [0.25, 0.3) is 0 Å². The second kappa shape index (κ2) is 14.4. The molecule has 0 aliphatic heterocycles. The number of anilines is 1. The van der Waals surface area contributed by atoms with Crippen molar-refractivity contribution in [2.24, 2.45) is 0 Å². The predicted molar refractivity (Wildman–Crippen MR) is 157 cm³/mol. The molecule has 3 aromatic rings. The number of para-hydroxylation sites is 1. The van der Waals surface area contributed by atoms with Crippen LogP contribution in [-0.2, 0) is 32.6 Å². The molecule has 0 bridgehead atoms. The number of rotatable bonds is 13. The summed E-state index contributed by atoms with van der Waals surface area (Å²) >= 11 is 12.9. The zero-order valence-corrected chi connectivity index (χ0v) is 24.3. The van der Waals surface area contributed by atoms with Gasteiger partial charge in [-0.05, 0) is 43.2 Å². The third-order valence-corrected chi connectivity index (χ3v) is 8.11. The maximum atomic E-state index is 13.8. The Morgan fingerprint density at radius 2 is 1.49 bits per heavy atom. The number of carbonyl (C=O) groups excluding carboxylic acids is 2. The molecule has 2 amide bonds. The lowest BCUT2D eigenvalue weighted by atomic mass is 10.0. The van der Waals surface area contributed by atoms with Crippen molar-refractivity contribution in [1.29, 1.82) is 0 Å². The highest BCUT2D eigenvalue weighted by Crippen LogP contribution is 2.28. The van der Waals surface area contributed by atoms with Crippen LogP contribution in [0.25, 0.3) is 0 Å². The van der Waals surface area contributed by atoms with E-state index in [0.29, 0.717) is 34.3 Å². The third-order valence-electron chi connectivity index (χ3n) is 6.21. The van der Waals surface area contributed by atoms with Crippen molar-refractivity contribution in [3.8, 4) is 0 Å². The first-order chi connectivity index (χ1) is 18.6. The Bertz CT molecular complexity index is 1340. The van der Waals surface area contributed by atoms with E-state index in [-0.39, 0.29) is 37.7 Å². The van der Waals surface area contributed by atoms with Crippen molar-refractivity contribution in [3.05, 3.63) is 100 Å². The number of halogens is 2. The number of hydrogen-bond donors (Lipinski definition) is 1. The lowest BCUT2D eigenvalue weighted by molar-refractivity contribution is -0.141. The summed E-state index contributed by atoms with van der Waals surface area (Å²) in [5.41, 5.74) is 1.96. The SMILES string of the molecule is CCNC(=O)C(Cc1ccccc1)N(Cc1c(Cl)cccc1Cl)C(=O)CCCN(c1ccccc1)S(C)(=O)=O. The number of carbonyl (C=O) groups is 2. The smallest absolute Gasteiger partial charge is 0.243 e. The molecule has 0 aliphatic carbocycles. The van der Waals surface area contributed by atoms with Crippen molar-refractivity contribution >= 4 is 50.7 Å². The first-order valence-electron chi connectivity index (χ1n) is 12.7. The van der Waals surface area contributed by atoms with Crippen molar-refractivity contribution in [1.82, 2.24) is 10.2 Å². The van der Waals surface area contributed by atoms with Gasteiger partial charge in [0.1, 0.15) is 6.04 Å². The molecule has 10 heteroatoms. The summed E-state index contributed by atoms with van der Waals surface area (Å²) in [6, 6.07) is 22.5. The van der Waals surface area contributed by atoms with Crippen molar-refractivity contribution in [2.75, 3.05) is 23.7 Å². The zero-order chi connectivity index (χ0) is 28.4. The summed E-state index contributed by atoms with van der Waals surface area (Å²) in [6.45, 7) is 2.36. The summed E-state index contributed by atoms with van der Waals surface area (Å²) in [4.78, 5) is 28.6. The number of hydrogen-bond acceptors (Lipinski definition) is 4. The lowest BCUT2D eigenvalue weighted by Crippen LogP contribution is -2.50. The molecule has 0 fully saturated rings. The predicted octanol–water partition coefficient (Wildman–Crippen LogP) is 5.32. The number of nitrogens with one attached hydrogen (secondary N) is 1. The minimum Gasteiger partial charge on any atom is -0.355 e. The number of nitrogens with zero attached hydrogens (tertiary/aromatic N) is 2. The molecule has 1 atom stereocenters. The van der Waals surface area contributed by atoms with Gasteiger partial charge in [-0.25, -0.2) is 8.42 Å². The molecule has 0 saturated carbocycles. The monoisotopic (exact) mass is 589 g/mol. The summed E-state index contributed by atoms with van der Waals surface area (Å²) in [5, 5.41) is 3.63. The van der Waals surface area contributed by atoms with Crippen LogP contribution in [0.5, 0.6) is 0 Å². The van der Waals surface area contributed by atoms with E-state index in [4.69, 9.17) is 23.2 Å². The van der Waals surface area contributed by atoms with E-state index >= 15 is 0 Å². The largest absolute Gasteiger partial charge is 0.355 e. The van der Waals surface area contributed by atoms with E-state index in [1.165, 1.54) is 9.21 Å². The van der Waals surface area contributed by atoms with E-state index in [0.717, 1.165) is 11.8 Å². The van der Waals surface area contributed by atoms with Gasteiger partial charge in [0.05, 0.1) is 11.9 Å². The molecule has 1 N–H and O–H groups in total. The molecular formula is C29H33Cl2N3O4S. The van der Waals surface area contributed by atoms with Crippen LogP contribution >= 0.6 is 23.2 Å². The quantitative estimate of drug-likeness (QED) is 0.292. The first-order valence-corrected chi connectivity index (χ1v) is 15.3. The van der Waals surface area contributed by atoms with Gasteiger partial charge in [0.15, 0.2) is 0 Å². The molecule has 7 nitrogen and oxygen atoms in total. The zero-order valence-electron chi connectivity index (χ0n) is 22.0. The van der Waals surface area contributed by atoms with Gasteiger partial charge >= 0.3 is 0 Å². The topological polar surface area (TPSA) is 86.8 Å². The summed E-state index contributed by atoms with van der Waals surface area (Å²) in [6.07, 6.45) is 1.70. The van der Waals surface area contributed by atoms with Crippen LogP contribution in [0.3, 0.4) is 0 Å². The Kier molecular flexibility index (Phi) is 11.2. The van der Waals surface area contributed by atoms with Gasteiger partial charge in [-0.1, -0.05) is 77.8 Å². The molecule has 208 valence electrons. The minimum atomic E-state index is -3.56. The second-order valence-corrected chi connectivity index (χ2v) is 11.8. The summed E-state index contributed by atoms with van der Waals surface area (Å²) in [7, 11) is -3.56. The van der Waals surface area contributed by atoms with Crippen LogP contribution in [0.15, 0.2) is 78.9 Å². The maximum absolute atomic E-state index is 13.8. The fourth-order valence-corrected chi connectivity index (χ4v) is 5.78. The number of amides is 2. The van der Waals surface area contributed by atoms with E-state index in [2.05, 4.69) is 5.32 Å². The van der Waals surface area contributed by atoms with E-state index in [9.17, 15) is 18.0 Å². The lowest BCUT2D eigenvalue weighted by Gasteiger charge is -2.32. The average molecular weight is 591 g/mol. The van der Waals surface area contributed by atoms with Gasteiger partial charge in [-0.2, -0.15) is 0 Å². The highest BCUT2D eigenvalue weighted by Gasteiger charge is 2.31. The maximum Gasteiger partial charge on any atom is 0.243 e. The van der Waals surface area contributed by atoms with E-state index < -0.39 is 16.1 Å². The fraction of sp³-hybridized carbons (Fsp3) is 0.310. The highest BCUT2D eigenvalue weighted by molar-refractivity contribution is 7.92. The van der Waals surface area contributed by atoms with E-state index in [1.807, 2.05) is 37.3 Å². The van der Waals surface area contributed by atoms with Crippen LogP contribution in [0.4, 0.5) is 5.69 Å². The molecule has 0 aromatic heterocycles. The van der Waals surface area contributed by atoms with Crippen molar-refractivity contribution in [3.63, 3.8) is 0 Å². The Morgan fingerprint density at radius 1 is 0.897 bits per heavy atom. The Hall–Kier alpha value is -3.07. The average Bonchev–Trinajstić information content (AvgIpc) is 2.90. The Labute approximate surface area is 240 Å². The van der Waals surface area contributed by atoms with Gasteiger partial charge in [0.2, 0.25) is 21.8 Å². The molecule has 0 aliphatic rings. The Morgan fingerprint density at radius 3 is 2.05 bits per heavy atom. The normalized spacial score (nSPS) is 12.0. The molecule has 1 unspecified atom stereocenters. The number of sulfonamides is 1. The van der Waals surface area contributed by atoms with Gasteiger partial charge in [-0.3, -0.25) is 13.9 Å². The Balaban J connectivity index is 1.90.